The SMILES string of the molecule is C=C/C=C(/C(=C)C)C(=C)CC. The van der Waals surface area contributed by atoms with Gasteiger partial charge in [-0.1, -0.05) is 44.4 Å². The van der Waals surface area contributed by atoms with Crippen molar-refractivity contribution in [2.45, 2.75) is 20.3 Å². The Kier molecular flexibility index (Phi) is 4.28. The van der Waals surface area contributed by atoms with Gasteiger partial charge in [0.25, 0.3) is 0 Å². The van der Waals surface area contributed by atoms with Gasteiger partial charge in [0.15, 0.2) is 0 Å². The lowest BCUT2D eigenvalue weighted by molar-refractivity contribution is 1.12. The van der Waals surface area contributed by atoms with Gasteiger partial charge in [0.1, 0.15) is 0 Å². The third kappa shape index (κ3) is 3.03. The largest absolute Gasteiger partial charge is 0.0990 e. The van der Waals surface area contributed by atoms with Crippen molar-refractivity contribution in [1.29, 1.82) is 0 Å². The number of hydrogen-bond acceptors (Lipinski definition) is 0. The minimum absolute atomic E-state index is 0.965. The molecule has 0 heteroatoms. The Morgan fingerprint density at radius 3 is 2.18 bits per heavy atom. The Morgan fingerprint density at radius 1 is 1.36 bits per heavy atom. The van der Waals surface area contributed by atoms with E-state index in [9.17, 15) is 0 Å². The van der Waals surface area contributed by atoms with Crippen LogP contribution in [0, 0.1) is 0 Å². The minimum Gasteiger partial charge on any atom is -0.0990 e. The van der Waals surface area contributed by atoms with E-state index in [1.54, 1.807) is 6.08 Å². The molecule has 0 aliphatic rings. The summed E-state index contributed by atoms with van der Waals surface area (Å²) in [6, 6.07) is 0. The zero-order valence-corrected chi connectivity index (χ0v) is 7.48. The van der Waals surface area contributed by atoms with Crippen LogP contribution < -0.4 is 0 Å². The van der Waals surface area contributed by atoms with Gasteiger partial charge in [-0.2, -0.15) is 0 Å². The molecule has 0 saturated heterocycles. The molecule has 0 amide bonds. The van der Waals surface area contributed by atoms with Gasteiger partial charge in [-0.25, -0.2) is 0 Å². The molecule has 0 aromatic rings. The Balaban J connectivity index is 4.61. The first-order valence-electron chi connectivity index (χ1n) is 3.80. The van der Waals surface area contributed by atoms with Crippen molar-refractivity contribution in [3.63, 3.8) is 0 Å². The summed E-state index contributed by atoms with van der Waals surface area (Å²) in [6.45, 7) is 15.5. The number of allylic oxidation sites excluding steroid dienone is 5. The fourth-order valence-electron chi connectivity index (χ4n) is 0.870. The van der Waals surface area contributed by atoms with Crippen LogP contribution in [0.1, 0.15) is 20.3 Å². The molecule has 0 atom stereocenters. The van der Waals surface area contributed by atoms with Gasteiger partial charge in [-0.05, 0) is 24.5 Å². The Bertz CT molecular complexity index is 204. The first-order valence-corrected chi connectivity index (χ1v) is 3.80. The first-order chi connectivity index (χ1) is 5.13. The van der Waals surface area contributed by atoms with E-state index in [1.807, 2.05) is 13.0 Å². The van der Waals surface area contributed by atoms with Crippen LogP contribution in [-0.2, 0) is 0 Å². The average Bonchev–Trinajstić information content (AvgIpc) is 1.98. The van der Waals surface area contributed by atoms with Crippen LogP contribution in [0.15, 0.2) is 48.6 Å². The number of rotatable bonds is 4. The number of hydrogen-bond donors (Lipinski definition) is 0. The molecule has 0 saturated carbocycles. The molecule has 60 valence electrons. The highest BCUT2D eigenvalue weighted by Gasteiger charge is 1.98. The average molecular weight is 148 g/mol. The fraction of sp³-hybridized carbons (Fsp3) is 0.273. The Morgan fingerprint density at radius 2 is 1.91 bits per heavy atom. The van der Waals surface area contributed by atoms with Crippen LogP contribution in [0.25, 0.3) is 0 Å². The van der Waals surface area contributed by atoms with Gasteiger partial charge in [0, 0.05) is 0 Å². The fourth-order valence-corrected chi connectivity index (χ4v) is 0.870. The first kappa shape index (κ1) is 9.96. The summed E-state index contributed by atoms with van der Waals surface area (Å²) >= 11 is 0. The minimum atomic E-state index is 0.965. The summed E-state index contributed by atoms with van der Waals surface area (Å²) < 4.78 is 0. The molecule has 0 spiro atoms. The Hall–Kier alpha value is -1.04. The molecule has 0 heterocycles. The lowest BCUT2D eigenvalue weighted by atomic mass is 9.99. The monoisotopic (exact) mass is 148 g/mol. The maximum Gasteiger partial charge on any atom is -0.0207 e. The lowest BCUT2D eigenvalue weighted by Crippen LogP contribution is -1.87. The van der Waals surface area contributed by atoms with E-state index in [4.69, 9.17) is 0 Å². The maximum atomic E-state index is 3.94. The molecular weight excluding hydrogens is 132 g/mol. The quantitative estimate of drug-likeness (QED) is 0.534. The predicted octanol–water partition coefficient (Wildman–Crippen LogP) is 3.64. The van der Waals surface area contributed by atoms with Crippen molar-refractivity contribution in [3.8, 4) is 0 Å². The topological polar surface area (TPSA) is 0 Å². The summed E-state index contributed by atoms with van der Waals surface area (Å²) in [5, 5.41) is 0. The molecule has 0 radical (unpaired) electrons. The third-order valence-corrected chi connectivity index (χ3v) is 1.55. The summed E-state index contributed by atoms with van der Waals surface area (Å²) in [5.41, 5.74) is 3.30. The summed E-state index contributed by atoms with van der Waals surface area (Å²) in [6.07, 6.45) is 4.69. The van der Waals surface area contributed by atoms with Gasteiger partial charge in [0.2, 0.25) is 0 Å². The lowest BCUT2D eigenvalue weighted by Gasteiger charge is -2.06. The van der Waals surface area contributed by atoms with Crippen molar-refractivity contribution in [2.24, 2.45) is 0 Å². The van der Waals surface area contributed by atoms with Crippen molar-refractivity contribution >= 4 is 0 Å². The predicted molar refractivity (Wildman–Crippen MR) is 52.5 cm³/mol. The van der Waals surface area contributed by atoms with Crippen LogP contribution in [0.5, 0.6) is 0 Å². The summed E-state index contributed by atoms with van der Waals surface area (Å²) in [4.78, 5) is 0. The normalized spacial score (nSPS) is 10.9. The van der Waals surface area contributed by atoms with Gasteiger partial charge >= 0.3 is 0 Å². The van der Waals surface area contributed by atoms with Crippen molar-refractivity contribution in [2.75, 3.05) is 0 Å². The molecule has 0 fully saturated rings. The molecular formula is C11H16. The van der Waals surface area contributed by atoms with E-state index < -0.39 is 0 Å². The van der Waals surface area contributed by atoms with Crippen molar-refractivity contribution < 1.29 is 0 Å². The van der Waals surface area contributed by atoms with Crippen LogP contribution in [-0.4, -0.2) is 0 Å². The van der Waals surface area contributed by atoms with E-state index in [0.29, 0.717) is 0 Å². The van der Waals surface area contributed by atoms with Crippen molar-refractivity contribution in [3.05, 3.63) is 48.6 Å². The van der Waals surface area contributed by atoms with E-state index in [2.05, 4.69) is 26.7 Å². The smallest absolute Gasteiger partial charge is 0.0207 e. The standard InChI is InChI=1S/C11H16/c1-6-8-11(9(3)4)10(5)7-2/h6,8H,1,3,5,7H2,2,4H3/b11-8-. The van der Waals surface area contributed by atoms with Gasteiger partial charge in [-0.15, -0.1) is 0 Å². The van der Waals surface area contributed by atoms with E-state index in [1.165, 1.54) is 0 Å². The molecule has 0 aliphatic carbocycles. The van der Waals surface area contributed by atoms with E-state index >= 15 is 0 Å². The highest BCUT2D eigenvalue weighted by Crippen LogP contribution is 2.18. The highest BCUT2D eigenvalue weighted by molar-refractivity contribution is 5.44. The van der Waals surface area contributed by atoms with E-state index in [0.717, 1.165) is 23.1 Å². The van der Waals surface area contributed by atoms with Gasteiger partial charge < -0.3 is 0 Å². The summed E-state index contributed by atoms with van der Waals surface area (Å²) in [7, 11) is 0. The highest BCUT2D eigenvalue weighted by atomic mass is 14.0. The zero-order valence-electron chi connectivity index (χ0n) is 7.48. The third-order valence-electron chi connectivity index (χ3n) is 1.55. The maximum absolute atomic E-state index is 3.94. The second-order valence-corrected chi connectivity index (χ2v) is 2.55. The molecule has 0 nitrogen and oxygen atoms in total. The van der Waals surface area contributed by atoms with Crippen molar-refractivity contribution in [1.82, 2.24) is 0 Å². The zero-order chi connectivity index (χ0) is 8.85. The molecule has 11 heavy (non-hydrogen) atoms. The molecule has 0 N–H and O–H groups in total. The second kappa shape index (κ2) is 4.73. The second-order valence-electron chi connectivity index (χ2n) is 2.55. The summed E-state index contributed by atoms with van der Waals surface area (Å²) in [5.74, 6) is 0. The van der Waals surface area contributed by atoms with Crippen LogP contribution in [0.2, 0.25) is 0 Å². The van der Waals surface area contributed by atoms with Crippen LogP contribution in [0.4, 0.5) is 0 Å². The van der Waals surface area contributed by atoms with Crippen LogP contribution in [0.3, 0.4) is 0 Å². The molecule has 0 bridgehead atoms. The van der Waals surface area contributed by atoms with Crippen LogP contribution >= 0.6 is 0 Å². The van der Waals surface area contributed by atoms with Gasteiger partial charge in [-0.3, -0.25) is 0 Å². The molecule has 0 unspecified atom stereocenters. The molecule has 0 aromatic carbocycles. The molecule has 0 rings (SSSR count). The molecule has 0 aliphatic heterocycles. The van der Waals surface area contributed by atoms with Gasteiger partial charge in [0.05, 0.1) is 0 Å². The Labute approximate surface area is 69.6 Å². The molecule has 0 aromatic heterocycles. The van der Waals surface area contributed by atoms with E-state index in [-0.39, 0.29) is 0 Å².